The summed E-state index contributed by atoms with van der Waals surface area (Å²) in [6, 6.07) is 16.1. The molecule has 110 valence electrons. The van der Waals surface area contributed by atoms with Crippen LogP contribution >= 0.6 is 0 Å². The monoisotopic (exact) mass is 283 g/mol. The Kier molecular flexibility index (Phi) is 4.82. The Morgan fingerprint density at radius 3 is 2.62 bits per heavy atom. The van der Waals surface area contributed by atoms with Crippen LogP contribution in [0.15, 0.2) is 53.7 Å². The summed E-state index contributed by atoms with van der Waals surface area (Å²) in [7, 11) is 0. The second-order valence-corrected chi connectivity index (χ2v) is 4.99. The number of aryl methyl sites for hydroxylation is 1. The minimum absolute atomic E-state index is 0.135. The Hall–Kier alpha value is -2.49. The molecule has 0 amide bonds. The van der Waals surface area contributed by atoms with E-state index in [1.807, 2.05) is 24.3 Å². The van der Waals surface area contributed by atoms with Crippen LogP contribution in [0.25, 0.3) is 0 Å². The van der Waals surface area contributed by atoms with Crippen LogP contribution in [-0.4, -0.2) is 17.6 Å². The molecule has 2 rings (SSSR count). The van der Waals surface area contributed by atoms with E-state index in [2.05, 4.69) is 48.2 Å². The van der Waals surface area contributed by atoms with Gasteiger partial charge in [0, 0.05) is 24.3 Å². The lowest BCUT2D eigenvalue weighted by molar-refractivity contribution is 0.318. The van der Waals surface area contributed by atoms with Gasteiger partial charge in [0.15, 0.2) is 5.84 Å². The van der Waals surface area contributed by atoms with E-state index < -0.39 is 0 Å². The Balaban J connectivity index is 2.25. The summed E-state index contributed by atoms with van der Waals surface area (Å²) in [5.41, 5.74) is 10.00. The van der Waals surface area contributed by atoms with E-state index in [1.54, 1.807) is 0 Å². The molecule has 0 spiro atoms. The Morgan fingerprint density at radius 1 is 1.19 bits per heavy atom. The molecule has 0 atom stereocenters. The highest BCUT2D eigenvalue weighted by Gasteiger charge is 2.08. The van der Waals surface area contributed by atoms with Crippen molar-refractivity contribution >= 4 is 11.5 Å². The third-order valence-corrected chi connectivity index (χ3v) is 3.54. The van der Waals surface area contributed by atoms with Crippen LogP contribution in [0.5, 0.6) is 0 Å². The summed E-state index contributed by atoms with van der Waals surface area (Å²) in [6.45, 7) is 5.96. The number of rotatable bonds is 5. The molecular weight excluding hydrogens is 262 g/mol. The molecule has 0 aliphatic heterocycles. The highest BCUT2D eigenvalue weighted by molar-refractivity contribution is 5.97. The molecule has 2 aromatic carbocycles. The number of nitrogens with zero attached hydrogens (tertiary/aromatic N) is 2. The second kappa shape index (κ2) is 6.79. The minimum Gasteiger partial charge on any atom is -0.409 e. The number of benzene rings is 2. The van der Waals surface area contributed by atoms with Gasteiger partial charge in [-0.15, -0.1) is 0 Å². The zero-order valence-electron chi connectivity index (χ0n) is 12.5. The van der Waals surface area contributed by atoms with Gasteiger partial charge in [-0.3, -0.25) is 0 Å². The van der Waals surface area contributed by atoms with Crippen molar-refractivity contribution in [3.05, 3.63) is 65.2 Å². The van der Waals surface area contributed by atoms with Crippen molar-refractivity contribution in [2.45, 2.75) is 20.4 Å². The van der Waals surface area contributed by atoms with Crippen molar-refractivity contribution in [3.8, 4) is 0 Å². The normalized spacial score (nSPS) is 11.4. The summed E-state index contributed by atoms with van der Waals surface area (Å²) < 4.78 is 0. The maximum atomic E-state index is 8.77. The minimum atomic E-state index is 0.135. The average Bonchev–Trinajstić information content (AvgIpc) is 2.53. The number of hydrogen-bond acceptors (Lipinski definition) is 3. The number of oxime groups is 1. The average molecular weight is 283 g/mol. The molecule has 0 saturated heterocycles. The summed E-state index contributed by atoms with van der Waals surface area (Å²) in [4.78, 5) is 2.31. The van der Waals surface area contributed by atoms with Gasteiger partial charge in [-0.25, -0.2) is 0 Å². The molecule has 4 nitrogen and oxygen atoms in total. The Morgan fingerprint density at radius 2 is 1.95 bits per heavy atom. The number of amidine groups is 1. The lowest BCUT2D eigenvalue weighted by Gasteiger charge is -2.25. The first-order chi connectivity index (χ1) is 10.2. The van der Waals surface area contributed by atoms with Crippen LogP contribution in [0.3, 0.4) is 0 Å². The molecule has 0 aromatic heterocycles. The molecule has 0 aliphatic rings. The SMILES string of the molecule is CCN(Cc1cccc(/C(N)=N/O)c1)c1ccccc1C. The van der Waals surface area contributed by atoms with Gasteiger partial charge < -0.3 is 15.8 Å². The van der Waals surface area contributed by atoms with E-state index in [1.165, 1.54) is 11.3 Å². The fraction of sp³-hybridized carbons (Fsp3) is 0.235. The van der Waals surface area contributed by atoms with E-state index >= 15 is 0 Å². The van der Waals surface area contributed by atoms with Crippen LogP contribution in [0, 0.1) is 6.92 Å². The molecule has 0 aliphatic carbocycles. The third kappa shape index (κ3) is 3.54. The fourth-order valence-electron chi connectivity index (χ4n) is 2.39. The van der Waals surface area contributed by atoms with Gasteiger partial charge in [-0.05, 0) is 37.1 Å². The smallest absolute Gasteiger partial charge is 0.170 e. The Bertz CT molecular complexity index is 637. The van der Waals surface area contributed by atoms with Crippen molar-refractivity contribution in [1.82, 2.24) is 0 Å². The van der Waals surface area contributed by atoms with E-state index in [0.717, 1.165) is 24.2 Å². The standard InChI is InChI=1S/C17H21N3O/c1-3-20(16-10-5-4-7-13(16)2)12-14-8-6-9-15(11-14)17(18)19-21/h4-11,21H,3,12H2,1-2H3,(H2,18,19). The lowest BCUT2D eigenvalue weighted by Crippen LogP contribution is -2.23. The highest BCUT2D eigenvalue weighted by Crippen LogP contribution is 2.21. The maximum Gasteiger partial charge on any atom is 0.170 e. The van der Waals surface area contributed by atoms with Gasteiger partial charge in [-0.2, -0.15) is 0 Å². The number of hydrogen-bond donors (Lipinski definition) is 2. The fourth-order valence-corrected chi connectivity index (χ4v) is 2.39. The lowest BCUT2D eigenvalue weighted by atomic mass is 10.1. The van der Waals surface area contributed by atoms with Crippen LogP contribution in [0.4, 0.5) is 5.69 Å². The first-order valence-corrected chi connectivity index (χ1v) is 7.03. The van der Waals surface area contributed by atoms with Crippen molar-refractivity contribution < 1.29 is 5.21 Å². The van der Waals surface area contributed by atoms with Crippen molar-refractivity contribution in [1.29, 1.82) is 0 Å². The first-order valence-electron chi connectivity index (χ1n) is 7.03. The van der Waals surface area contributed by atoms with Crippen molar-refractivity contribution in [3.63, 3.8) is 0 Å². The molecule has 2 aromatic rings. The van der Waals surface area contributed by atoms with E-state index in [4.69, 9.17) is 10.9 Å². The molecular formula is C17H21N3O. The second-order valence-electron chi connectivity index (χ2n) is 4.99. The van der Waals surface area contributed by atoms with E-state index in [0.29, 0.717) is 0 Å². The van der Waals surface area contributed by atoms with Gasteiger partial charge in [0.2, 0.25) is 0 Å². The third-order valence-electron chi connectivity index (χ3n) is 3.54. The molecule has 0 heterocycles. The molecule has 4 heteroatoms. The predicted molar refractivity (Wildman–Crippen MR) is 86.9 cm³/mol. The van der Waals surface area contributed by atoms with Crippen LogP contribution in [-0.2, 0) is 6.54 Å². The van der Waals surface area contributed by atoms with Gasteiger partial charge in [0.05, 0.1) is 0 Å². The molecule has 0 bridgehead atoms. The van der Waals surface area contributed by atoms with Crippen LogP contribution in [0.2, 0.25) is 0 Å². The zero-order chi connectivity index (χ0) is 15.2. The van der Waals surface area contributed by atoms with Gasteiger partial charge >= 0.3 is 0 Å². The molecule has 0 fully saturated rings. The molecule has 0 radical (unpaired) electrons. The largest absolute Gasteiger partial charge is 0.409 e. The summed E-state index contributed by atoms with van der Waals surface area (Å²) >= 11 is 0. The number of nitrogens with two attached hydrogens (primary N) is 1. The summed E-state index contributed by atoms with van der Waals surface area (Å²) in [5, 5.41) is 11.8. The molecule has 0 unspecified atom stereocenters. The van der Waals surface area contributed by atoms with Gasteiger partial charge in [0.1, 0.15) is 0 Å². The van der Waals surface area contributed by atoms with Crippen LogP contribution < -0.4 is 10.6 Å². The highest BCUT2D eigenvalue weighted by atomic mass is 16.4. The van der Waals surface area contributed by atoms with E-state index in [9.17, 15) is 0 Å². The Labute approximate surface area is 125 Å². The molecule has 3 N–H and O–H groups in total. The van der Waals surface area contributed by atoms with E-state index in [-0.39, 0.29) is 5.84 Å². The van der Waals surface area contributed by atoms with Gasteiger partial charge in [-0.1, -0.05) is 41.6 Å². The zero-order valence-corrected chi connectivity index (χ0v) is 12.5. The molecule has 21 heavy (non-hydrogen) atoms. The molecule has 0 saturated carbocycles. The summed E-state index contributed by atoms with van der Waals surface area (Å²) in [6.07, 6.45) is 0. The van der Waals surface area contributed by atoms with Crippen molar-refractivity contribution in [2.24, 2.45) is 10.9 Å². The topological polar surface area (TPSA) is 61.8 Å². The quantitative estimate of drug-likeness (QED) is 0.383. The predicted octanol–water partition coefficient (Wildman–Crippen LogP) is 3.12. The first kappa shape index (κ1) is 14.9. The number of anilines is 1. The van der Waals surface area contributed by atoms with Crippen LogP contribution in [0.1, 0.15) is 23.6 Å². The maximum absolute atomic E-state index is 8.77. The number of para-hydroxylation sites is 1. The summed E-state index contributed by atoms with van der Waals surface area (Å²) in [5.74, 6) is 0.135. The van der Waals surface area contributed by atoms with Crippen molar-refractivity contribution in [2.75, 3.05) is 11.4 Å². The van der Waals surface area contributed by atoms with Gasteiger partial charge in [0.25, 0.3) is 0 Å².